The van der Waals surface area contributed by atoms with Gasteiger partial charge in [0.25, 0.3) is 0 Å². The van der Waals surface area contributed by atoms with Crippen molar-refractivity contribution in [1.82, 2.24) is 0 Å². The normalized spacial score (nSPS) is 43.2. The third kappa shape index (κ3) is 3.52. The van der Waals surface area contributed by atoms with Gasteiger partial charge in [-0.15, -0.1) is 0 Å². The second-order valence-corrected chi connectivity index (χ2v) is 7.47. The number of ether oxygens (including phenoxy) is 3. The van der Waals surface area contributed by atoms with E-state index in [1.807, 2.05) is 6.07 Å². The summed E-state index contributed by atoms with van der Waals surface area (Å²) in [5, 5.41) is 29.6. The Balaban J connectivity index is 1.50. The van der Waals surface area contributed by atoms with E-state index in [2.05, 4.69) is 0 Å². The lowest BCUT2D eigenvalue weighted by Crippen LogP contribution is -2.55. The molecule has 144 valence electrons. The molecule has 4 rings (SSSR count). The Morgan fingerprint density at radius 3 is 2.77 bits per heavy atom. The zero-order valence-corrected chi connectivity index (χ0v) is 14.4. The lowest BCUT2D eigenvalue weighted by atomic mass is 9.88. The Morgan fingerprint density at radius 2 is 1.96 bits per heavy atom. The third-order valence-corrected chi connectivity index (χ3v) is 5.75. The molecule has 6 nitrogen and oxygen atoms in total. The molecule has 8 atom stereocenters. The van der Waals surface area contributed by atoms with Crippen LogP contribution in [0.4, 0.5) is 4.39 Å². The van der Waals surface area contributed by atoms with Crippen LogP contribution in [-0.4, -0.2) is 58.7 Å². The molecule has 1 aromatic rings. The molecule has 2 heterocycles. The largest absolute Gasteiger partial charge is 0.388 e. The number of hydrogen-bond donors (Lipinski definition) is 3. The summed E-state index contributed by atoms with van der Waals surface area (Å²) < 4.78 is 31.2. The van der Waals surface area contributed by atoms with Crippen LogP contribution in [0.5, 0.6) is 0 Å². The van der Waals surface area contributed by atoms with Gasteiger partial charge in [-0.2, -0.15) is 0 Å². The molecular weight excluding hydrogens is 343 g/mol. The van der Waals surface area contributed by atoms with Gasteiger partial charge in [-0.3, -0.25) is 0 Å². The maximum atomic E-state index is 13.6. The highest BCUT2D eigenvalue weighted by Crippen LogP contribution is 2.44. The van der Waals surface area contributed by atoms with Crippen LogP contribution in [0.3, 0.4) is 0 Å². The summed E-state index contributed by atoms with van der Waals surface area (Å²) in [5.74, 6) is -0.125. The van der Waals surface area contributed by atoms with Gasteiger partial charge in [-0.1, -0.05) is 18.6 Å². The Morgan fingerprint density at radius 1 is 1.12 bits per heavy atom. The quantitative estimate of drug-likeness (QED) is 0.745. The fraction of sp³-hybridized carbons (Fsp3) is 0.684. The van der Waals surface area contributed by atoms with E-state index in [1.165, 1.54) is 12.1 Å². The van der Waals surface area contributed by atoms with E-state index >= 15 is 0 Å². The van der Waals surface area contributed by atoms with Crippen molar-refractivity contribution in [2.75, 3.05) is 6.61 Å². The lowest BCUT2D eigenvalue weighted by molar-refractivity contribution is -0.298. The highest BCUT2D eigenvalue weighted by atomic mass is 19.1. The Bertz CT molecular complexity index is 628. The van der Waals surface area contributed by atoms with Crippen molar-refractivity contribution in [3.8, 4) is 0 Å². The van der Waals surface area contributed by atoms with E-state index in [4.69, 9.17) is 14.2 Å². The fourth-order valence-corrected chi connectivity index (χ4v) is 4.35. The predicted octanol–water partition coefficient (Wildman–Crippen LogP) is 1.28. The second-order valence-electron chi connectivity index (χ2n) is 7.47. The van der Waals surface area contributed by atoms with Crippen molar-refractivity contribution in [2.45, 2.75) is 68.6 Å². The van der Waals surface area contributed by atoms with E-state index in [-0.39, 0.29) is 36.7 Å². The zero-order chi connectivity index (χ0) is 18.3. The molecule has 0 bridgehead atoms. The summed E-state index contributed by atoms with van der Waals surface area (Å²) in [6.45, 7) is -0.0897. The molecule has 1 saturated carbocycles. The van der Waals surface area contributed by atoms with Crippen molar-refractivity contribution in [1.29, 1.82) is 0 Å². The van der Waals surface area contributed by atoms with Crippen LogP contribution in [0, 0.1) is 11.7 Å². The highest BCUT2D eigenvalue weighted by Gasteiger charge is 2.46. The molecule has 1 aliphatic carbocycles. The molecule has 2 aliphatic heterocycles. The Hall–Kier alpha value is -1.09. The van der Waals surface area contributed by atoms with Gasteiger partial charge < -0.3 is 29.5 Å². The van der Waals surface area contributed by atoms with Gasteiger partial charge in [0.05, 0.1) is 24.9 Å². The number of aliphatic hydroxyl groups excluding tert-OH is 3. The van der Waals surface area contributed by atoms with E-state index in [1.54, 1.807) is 6.07 Å². The summed E-state index contributed by atoms with van der Waals surface area (Å²) in [6, 6.07) is 6.38. The first-order valence-corrected chi connectivity index (χ1v) is 9.25. The van der Waals surface area contributed by atoms with Crippen molar-refractivity contribution < 1.29 is 33.9 Å². The van der Waals surface area contributed by atoms with Gasteiger partial charge in [-0.25, -0.2) is 4.39 Å². The molecule has 7 heteroatoms. The second kappa shape index (κ2) is 7.50. The van der Waals surface area contributed by atoms with Gasteiger partial charge in [0, 0.05) is 12.3 Å². The van der Waals surface area contributed by atoms with Crippen LogP contribution in [0.2, 0.25) is 0 Å². The summed E-state index contributed by atoms with van der Waals surface area (Å²) in [4.78, 5) is 0. The van der Waals surface area contributed by atoms with E-state index in [9.17, 15) is 19.7 Å². The Labute approximate surface area is 151 Å². The number of halogens is 1. The minimum Gasteiger partial charge on any atom is -0.388 e. The van der Waals surface area contributed by atoms with Gasteiger partial charge in [0.1, 0.15) is 24.1 Å². The van der Waals surface area contributed by atoms with Gasteiger partial charge in [0.2, 0.25) is 0 Å². The number of hydrogen-bond acceptors (Lipinski definition) is 6. The lowest BCUT2D eigenvalue weighted by Gasteiger charge is -2.43. The van der Waals surface area contributed by atoms with Crippen LogP contribution in [0.15, 0.2) is 24.3 Å². The number of aliphatic hydroxyl groups is 3. The average molecular weight is 368 g/mol. The first-order valence-electron chi connectivity index (χ1n) is 9.25. The molecule has 0 unspecified atom stereocenters. The summed E-state index contributed by atoms with van der Waals surface area (Å²) in [6.07, 6.45) is -1.79. The average Bonchev–Trinajstić information content (AvgIpc) is 3.11. The van der Waals surface area contributed by atoms with Gasteiger partial charge >= 0.3 is 0 Å². The van der Waals surface area contributed by atoms with Crippen LogP contribution < -0.4 is 0 Å². The molecule has 3 aliphatic rings. The molecule has 3 N–H and O–H groups in total. The van der Waals surface area contributed by atoms with Crippen LogP contribution in [0.25, 0.3) is 0 Å². The zero-order valence-electron chi connectivity index (χ0n) is 14.4. The molecule has 1 aromatic carbocycles. The number of benzene rings is 1. The summed E-state index contributed by atoms with van der Waals surface area (Å²) in [5.41, 5.74) is 0.768. The molecule has 26 heavy (non-hydrogen) atoms. The van der Waals surface area contributed by atoms with Crippen molar-refractivity contribution >= 4 is 0 Å². The maximum absolute atomic E-state index is 13.6. The third-order valence-electron chi connectivity index (χ3n) is 5.75. The van der Waals surface area contributed by atoms with Crippen LogP contribution >= 0.6 is 0 Å². The van der Waals surface area contributed by atoms with Crippen molar-refractivity contribution in [3.63, 3.8) is 0 Å². The van der Waals surface area contributed by atoms with Crippen LogP contribution in [0.1, 0.15) is 37.4 Å². The maximum Gasteiger partial charge on any atom is 0.186 e. The monoisotopic (exact) mass is 368 g/mol. The van der Waals surface area contributed by atoms with Crippen molar-refractivity contribution in [2.24, 2.45) is 5.92 Å². The Kier molecular flexibility index (Phi) is 5.27. The van der Waals surface area contributed by atoms with E-state index < -0.39 is 24.6 Å². The first kappa shape index (κ1) is 18.3. The minimum atomic E-state index is -1.31. The molecule has 0 radical (unpaired) electrons. The summed E-state index contributed by atoms with van der Waals surface area (Å²) >= 11 is 0. The SMILES string of the molecule is O[C@@H]1[C@@H](O[C@@H]2C[C@H](c3cccc(F)c3)O[C@@H]3CCC[C@@H]23)OC[C@H](O)[C@H]1O. The molecule has 0 amide bonds. The number of rotatable bonds is 3. The molecule has 0 spiro atoms. The van der Waals surface area contributed by atoms with Gasteiger partial charge in [-0.05, 0) is 30.5 Å². The minimum absolute atomic E-state index is 0.0262. The van der Waals surface area contributed by atoms with Gasteiger partial charge in [0.15, 0.2) is 6.29 Å². The highest BCUT2D eigenvalue weighted by molar-refractivity contribution is 5.20. The van der Waals surface area contributed by atoms with E-state index in [0.29, 0.717) is 6.42 Å². The smallest absolute Gasteiger partial charge is 0.186 e. The van der Waals surface area contributed by atoms with E-state index in [0.717, 1.165) is 24.8 Å². The number of fused-ring (bicyclic) bond motifs is 1. The topological polar surface area (TPSA) is 88.4 Å². The molecule has 3 fully saturated rings. The molecule has 2 saturated heterocycles. The molecule has 0 aromatic heterocycles. The van der Waals surface area contributed by atoms with Crippen molar-refractivity contribution in [3.05, 3.63) is 35.6 Å². The fourth-order valence-electron chi connectivity index (χ4n) is 4.35. The first-order chi connectivity index (χ1) is 12.5. The molecular formula is C19H25FO6. The standard InChI is InChI=1S/C19H25FO6/c20-11-4-1-3-10(7-11)15-8-16(12-5-2-6-14(12)25-15)26-19-18(23)17(22)13(21)9-24-19/h1,3-4,7,12-19,21-23H,2,5-6,8-9H2/t12-,13+,14-,15-,16-,17-,18+,19-/m1/s1. The van der Waals surface area contributed by atoms with Crippen LogP contribution in [-0.2, 0) is 14.2 Å². The predicted molar refractivity (Wildman–Crippen MR) is 88.6 cm³/mol. The summed E-state index contributed by atoms with van der Waals surface area (Å²) in [7, 11) is 0.